The standard InChI is InChI=1S/C54H43N/c1-54(2,3)41-27-30-43(31-28-41)55(42-16-5-4-6-17-42)44-29-26-37-32-39(25-24-38(37)33-44)51-34-40-35-52(46-23-13-15-36-14-7-8-18-45(36)46)48-20-10-12-22-50(48)53(40)49-21-11-9-19-47(49)51/h4-12,14,16-35H,13,15H2,1-3H3. The number of fused-ring (bicyclic) bond motifs is 7. The first-order chi connectivity index (χ1) is 26.9. The van der Waals surface area contributed by atoms with Crippen LogP contribution in [-0.4, -0.2) is 0 Å². The van der Waals surface area contributed by atoms with E-state index in [2.05, 4.69) is 208 Å². The summed E-state index contributed by atoms with van der Waals surface area (Å²) in [5.41, 5.74) is 12.8. The van der Waals surface area contributed by atoms with E-state index >= 15 is 0 Å². The highest BCUT2D eigenvalue weighted by atomic mass is 15.1. The molecule has 0 unspecified atom stereocenters. The van der Waals surface area contributed by atoms with Crippen LogP contribution >= 0.6 is 0 Å². The van der Waals surface area contributed by atoms with Gasteiger partial charge in [-0.05, 0) is 155 Å². The molecule has 0 atom stereocenters. The van der Waals surface area contributed by atoms with Gasteiger partial charge < -0.3 is 4.90 Å². The van der Waals surface area contributed by atoms with Crippen LogP contribution in [0.2, 0.25) is 0 Å². The average Bonchev–Trinajstić information content (AvgIpc) is 3.23. The van der Waals surface area contributed by atoms with Gasteiger partial charge >= 0.3 is 0 Å². The Morgan fingerprint density at radius 3 is 1.76 bits per heavy atom. The number of hydrogen-bond acceptors (Lipinski definition) is 1. The van der Waals surface area contributed by atoms with Crippen LogP contribution in [-0.2, 0) is 11.8 Å². The lowest BCUT2D eigenvalue weighted by Crippen LogP contribution is -2.13. The molecule has 1 heteroatoms. The van der Waals surface area contributed by atoms with Crippen LogP contribution in [0.3, 0.4) is 0 Å². The van der Waals surface area contributed by atoms with Gasteiger partial charge in [-0.15, -0.1) is 0 Å². The van der Waals surface area contributed by atoms with Gasteiger partial charge in [0.1, 0.15) is 0 Å². The number of aryl methyl sites for hydroxylation is 1. The highest BCUT2D eigenvalue weighted by Crippen LogP contribution is 2.44. The van der Waals surface area contributed by atoms with Gasteiger partial charge in [-0.1, -0.05) is 148 Å². The first-order valence-corrected chi connectivity index (χ1v) is 19.6. The van der Waals surface area contributed by atoms with Gasteiger partial charge in [-0.2, -0.15) is 0 Å². The molecule has 1 nitrogen and oxygen atoms in total. The van der Waals surface area contributed by atoms with E-state index in [1.807, 2.05) is 0 Å². The molecule has 0 saturated carbocycles. The quantitative estimate of drug-likeness (QED) is 0.161. The number of benzene rings is 9. The fourth-order valence-corrected chi connectivity index (χ4v) is 8.85. The zero-order valence-electron chi connectivity index (χ0n) is 31.7. The minimum Gasteiger partial charge on any atom is -0.310 e. The van der Waals surface area contributed by atoms with Crippen LogP contribution in [0, 0.1) is 0 Å². The van der Waals surface area contributed by atoms with Crippen LogP contribution in [0.1, 0.15) is 49.4 Å². The second-order valence-corrected chi connectivity index (χ2v) is 16.1. The molecule has 0 saturated heterocycles. The molecule has 0 radical (unpaired) electrons. The van der Waals surface area contributed by atoms with E-state index in [0.29, 0.717) is 0 Å². The third kappa shape index (κ3) is 5.79. The maximum absolute atomic E-state index is 2.46. The zero-order chi connectivity index (χ0) is 37.1. The lowest BCUT2D eigenvalue weighted by atomic mass is 9.82. The Morgan fingerprint density at radius 1 is 0.436 bits per heavy atom. The molecule has 0 aromatic heterocycles. The number of anilines is 3. The van der Waals surface area contributed by atoms with Crippen molar-refractivity contribution >= 4 is 65.7 Å². The lowest BCUT2D eigenvalue weighted by Gasteiger charge is -2.27. The lowest BCUT2D eigenvalue weighted by molar-refractivity contribution is 0.590. The molecule has 9 aromatic rings. The summed E-state index contributed by atoms with van der Waals surface area (Å²) in [6, 6.07) is 65.4. The Balaban J connectivity index is 1.12. The number of para-hydroxylation sites is 1. The average molecular weight is 706 g/mol. The SMILES string of the molecule is CC(C)(C)c1ccc(N(c2ccccc2)c2ccc3cc(-c4cc5cc(C6=CCCc7ccccc76)c6ccccc6c5c5ccccc45)ccc3c2)cc1. The van der Waals surface area contributed by atoms with E-state index in [1.165, 1.54) is 82.0 Å². The van der Waals surface area contributed by atoms with Crippen molar-refractivity contribution in [2.75, 3.05) is 4.90 Å². The number of hydrogen-bond donors (Lipinski definition) is 0. The predicted octanol–water partition coefficient (Wildman–Crippen LogP) is 15.1. The summed E-state index contributed by atoms with van der Waals surface area (Å²) in [5, 5.41) is 10.2. The Morgan fingerprint density at radius 2 is 1.02 bits per heavy atom. The van der Waals surface area contributed by atoms with E-state index in [1.54, 1.807) is 0 Å². The summed E-state index contributed by atoms with van der Waals surface area (Å²) in [4.78, 5) is 2.36. The van der Waals surface area contributed by atoms with Crippen LogP contribution < -0.4 is 4.90 Å². The Labute approximate surface area is 323 Å². The van der Waals surface area contributed by atoms with Gasteiger partial charge in [-0.3, -0.25) is 0 Å². The van der Waals surface area contributed by atoms with E-state index in [4.69, 9.17) is 0 Å². The smallest absolute Gasteiger partial charge is 0.0468 e. The van der Waals surface area contributed by atoms with Crippen LogP contribution in [0.15, 0.2) is 182 Å². The Kier molecular flexibility index (Phi) is 7.92. The normalized spacial score (nSPS) is 13.0. The largest absolute Gasteiger partial charge is 0.310 e. The summed E-state index contributed by atoms with van der Waals surface area (Å²) in [5.74, 6) is 0. The first-order valence-electron chi connectivity index (χ1n) is 19.6. The third-order valence-electron chi connectivity index (χ3n) is 11.6. The van der Waals surface area contributed by atoms with Crippen molar-refractivity contribution in [1.82, 2.24) is 0 Å². The fourth-order valence-electron chi connectivity index (χ4n) is 8.85. The molecular weight excluding hydrogens is 663 g/mol. The van der Waals surface area contributed by atoms with Gasteiger partial charge in [0.05, 0.1) is 0 Å². The molecule has 1 aliphatic carbocycles. The van der Waals surface area contributed by atoms with Gasteiger partial charge in [0.25, 0.3) is 0 Å². The molecule has 0 aliphatic heterocycles. The van der Waals surface area contributed by atoms with Gasteiger partial charge in [0, 0.05) is 17.1 Å². The third-order valence-corrected chi connectivity index (χ3v) is 11.6. The highest BCUT2D eigenvalue weighted by molar-refractivity contribution is 6.25. The second-order valence-electron chi connectivity index (χ2n) is 16.1. The maximum atomic E-state index is 2.46. The van der Waals surface area contributed by atoms with Crippen molar-refractivity contribution in [2.45, 2.75) is 39.0 Å². The predicted molar refractivity (Wildman–Crippen MR) is 237 cm³/mol. The molecule has 0 amide bonds. The molecule has 10 rings (SSSR count). The van der Waals surface area contributed by atoms with E-state index < -0.39 is 0 Å². The van der Waals surface area contributed by atoms with Crippen molar-refractivity contribution in [3.05, 3.63) is 204 Å². The monoisotopic (exact) mass is 705 g/mol. The zero-order valence-corrected chi connectivity index (χ0v) is 31.7. The second kappa shape index (κ2) is 13.1. The molecule has 0 N–H and O–H groups in total. The number of rotatable bonds is 5. The molecule has 1 aliphatic rings. The van der Waals surface area contributed by atoms with Gasteiger partial charge in [0.2, 0.25) is 0 Å². The Hall–Kier alpha value is -6.44. The maximum Gasteiger partial charge on any atom is 0.0468 e. The molecule has 264 valence electrons. The molecule has 0 spiro atoms. The van der Waals surface area contributed by atoms with Crippen molar-refractivity contribution in [1.29, 1.82) is 0 Å². The first kappa shape index (κ1) is 33.2. The molecular formula is C54H43N. The van der Waals surface area contributed by atoms with Crippen LogP contribution in [0.25, 0.3) is 59.8 Å². The minimum atomic E-state index is 0.0996. The Bertz CT molecular complexity index is 2940. The minimum absolute atomic E-state index is 0.0996. The van der Waals surface area contributed by atoms with Crippen LogP contribution in [0.5, 0.6) is 0 Å². The number of nitrogens with zero attached hydrogens (tertiary/aromatic N) is 1. The van der Waals surface area contributed by atoms with Gasteiger partial charge in [0.15, 0.2) is 0 Å². The molecule has 0 heterocycles. The van der Waals surface area contributed by atoms with Crippen molar-refractivity contribution in [2.24, 2.45) is 0 Å². The number of allylic oxidation sites excluding steroid dienone is 1. The molecule has 55 heavy (non-hydrogen) atoms. The van der Waals surface area contributed by atoms with E-state index in [0.717, 1.165) is 29.9 Å². The van der Waals surface area contributed by atoms with Gasteiger partial charge in [-0.25, -0.2) is 0 Å². The summed E-state index contributed by atoms with van der Waals surface area (Å²) in [6.07, 6.45) is 4.61. The summed E-state index contributed by atoms with van der Waals surface area (Å²) >= 11 is 0. The summed E-state index contributed by atoms with van der Waals surface area (Å²) in [6.45, 7) is 6.80. The van der Waals surface area contributed by atoms with Crippen molar-refractivity contribution < 1.29 is 0 Å². The topological polar surface area (TPSA) is 3.24 Å². The van der Waals surface area contributed by atoms with E-state index in [-0.39, 0.29) is 5.41 Å². The molecule has 0 fully saturated rings. The van der Waals surface area contributed by atoms with Crippen molar-refractivity contribution in [3.63, 3.8) is 0 Å². The van der Waals surface area contributed by atoms with Crippen LogP contribution in [0.4, 0.5) is 17.1 Å². The fraction of sp³-hybridized carbons (Fsp3) is 0.111. The highest BCUT2D eigenvalue weighted by Gasteiger charge is 2.20. The van der Waals surface area contributed by atoms with E-state index in [9.17, 15) is 0 Å². The molecule has 9 aromatic carbocycles. The summed E-state index contributed by atoms with van der Waals surface area (Å²) in [7, 11) is 0. The summed E-state index contributed by atoms with van der Waals surface area (Å²) < 4.78 is 0. The van der Waals surface area contributed by atoms with Crippen molar-refractivity contribution in [3.8, 4) is 11.1 Å². The molecule has 0 bridgehead atoms.